The van der Waals surface area contributed by atoms with Crippen LogP contribution in [0.3, 0.4) is 0 Å². The molecule has 2 saturated heterocycles. The highest BCUT2D eigenvalue weighted by atomic mass is 16.2. The Morgan fingerprint density at radius 1 is 0.964 bits per heavy atom. The van der Waals surface area contributed by atoms with E-state index in [2.05, 4.69) is 23.1 Å². The average molecular weight is 377 g/mol. The van der Waals surface area contributed by atoms with Crippen LogP contribution < -0.4 is 9.80 Å². The van der Waals surface area contributed by atoms with Gasteiger partial charge in [-0.3, -0.25) is 9.59 Å². The van der Waals surface area contributed by atoms with E-state index in [4.69, 9.17) is 0 Å². The summed E-state index contributed by atoms with van der Waals surface area (Å²) in [5.74, 6) is 0.158. The summed E-state index contributed by atoms with van der Waals surface area (Å²) in [5.41, 5.74) is 3.94. The monoisotopic (exact) mass is 377 g/mol. The molecule has 0 radical (unpaired) electrons. The highest BCUT2D eigenvalue weighted by Crippen LogP contribution is 2.26. The van der Waals surface area contributed by atoms with Gasteiger partial charge in [0, 0.05) is 56.6 Å². The van der Waals surface area contributed by atoms with Crippen LogP contribution in [0.1, 0.15) is 41.6 Å². The molecule has 0 saturated carbocycles. The first kappa shape index (κ1) is 18.5. The van der Waals surface area contributed by atoms with Crippen LogP contribution in [0.25, 0.3) is 0 Å². The van der Waals surface area contributed by atoms with Gasteiger partial charge in [0.1, 0.15) is 0 Å². The summed E-state index contributed by atoms with van der Waals surface area (Å²) in [6.45, 7) is 3.52. The first-order valence-corrected chi connectivity index (χ1v) is 10.1. The number of para-hydroxylation sites is 1. The van der Waals surface area contributed by atoms with Crippen molar-refractivity contribution < 1.29 is 9.59 Å². The molecule has 5 nitrogen and oxygen atoms in total. The Morgan fingerprint density at radius 2 is 1.68 bits per heavy atom. The van der Waals surface area contributed by atoms with Gasteiger partial charge < -0.3 is 14.7 Å². The second-order valence-electron chi connectivity index (χ2n) is 7.68. The molecule has 2 aliphatic heterocycles. The molecule has 2 aliphatic rings. The number of rotatable bonds is 5. The van der Waals surface area contributed by atoms with E-state index in [0.29, 0.717) is 18.5 Å². The van der Waals surface area contributed by atoms with Crippen LogP contribution in [0.4, 0.5) is 11.4 Å². The smallest absolute Gasteiger partial charge is 0.253 e. The lowest BCUT2D eigenvalue weighted by atomic mass is 10.1. The van der Waals surface area contributed by atoms with E-state index in [1.807, 2.05) is 37.4 Å². The molecule has 2 heterocycles. The van der Waals surface area contributed by atoms with Crippen molar-refractivity contribution in [1.82, 2.24) is 4.90 Å². The molecular weight excluding hydrogens is 350 g/mol. The number of benzene rings is 2. The van der Waals surface area contributed by atoms with E-state index in [1.165, 1.54) is 24.1 Å². The Bertz CT molecular complexity index is 856. The van der Waals surface area contributed by atoms with Crippen molar-refractivity contribution in [3.8, 4) is 0 Å². The maximum atomic E-state index is 12.9. The molecule has 146 valence electrons. The number of carbonyl (C=O) groups is 2. The van der Waals surface area contributed by atoms with Crippen LogP contribution in [-0.2, 0) is 11.3 Å². The molecular formula is C23H27N3O2. The van der Waals surface area contributed by atoms with Crippen LogP contribution in [0.5, 0.6) is 0 Å². The van der Waals surface area contributed by atoms with Crippen molar-refractivity contribution in [3.63, 3.8) is 0 Å². The summed E-state index contributed by atoms with van der Waals surface area (Å²) < 4.78 is 0. The second-order valence-corrected chi connectivity index (χ2v) is 7.68. The largest absolute Gasteiger partial charge is 0.371 e. The average Bonchev–Trinajstić information content (AvgIpc) is 3.40. The molecule has 28 heavy (non-hydrogen) atoms. The third-order valence-corrected chi connectivity index (χ3v) is 5.69. The van der Waals surface area contributed by atoms with E-state index in [9.17, 15) is 9.59 Å². The van der Waals surface area contributed by atoms with E-state index in [1.54, 1.807) is 9.80 Å². The number of carbonyl (C=O) groups excluding carboxylic acids is 2. The first-order chi connectivity index (χ1) is 13.6. The van der Waals surface area contributed by atoms with Crippen molar-refractivity contribution >= 4 is 23.2 Å². The van der Waals surface area contributed by atoms with Crippen molar-refractivity contribution in [2.75, 3.05) is 36.5 Å². The second kappa shape index (κ2) is 8.05. The normalized spacial score (nSPS) is 16.7. The summed E-state index contributed by atoms with van der Waals surface area (Å²) in [7, 11) is 1.85. The summed E-state index contributed by atoms with van der Waals surface area (Å²) in [5, 5.41) is 0. The predicted molar refractivity (Wildman–Crippen MR) is 112 cm³/mol. The molecule has 0 spiro atoms. The minimum absolute atomic E-state index is 0.00414. The molecule has 0 aromatic heterocycles. The summed E-state index contributed by atoms with van der Waals surface area (Å²) in [6, 6.07) is 15.8. The number of anilines is 2. The lowest BCUT2D eigenvalue weighted by Gasteiger charge is -2.24. The molecule has 0 atom stereocenters. The van der Waals surface area contributed by atoms with E-state index >= 15 is 0 Å². The first-order valence-electron chi connectivity index (χ1n) is 10.1. The molecule has 5 heteroatoms. The SMILES string of the molecule is CN(Cc1ccccc1N1CCCC1)C(=O)c1ccc(N2CCCC2=O)cc1. The molecule has 2 aromatic carbocycles. The zero-order valence-corrected chi connectivity index (χ0v) is 16.4. The van der Waals surface area contributed by atoms with E-state index in [-0.39, 0.29) is 11.8 Å². The maximum absolute atomic E-state index is 12.9. The number of hydrogen-bond acceptors (Lipinski definition) is 3. The molecule has 0 unspecified atom stereocenters. The minimum Gasteiger partial charge on any atom is -0.371 e. The zero-order valence-electron chi connectivity index (χ0n) is 16.4. The third kappa shape index (κ3) is 3.75. The van der Waals surface area contributed by atoms with Gasteiger partial charge in [-0.25, -0.2) is 0 Å². The van der Waals surface area contributed by atoms with Gasteiger partial charge in [-0.1, -0.05) is 18.2 Å². The van der Waals surface area contributed by atoms with Gasteiger partial charge >= 0.3 is 0 Å². The van der Waals surface area contributed by atoms with Crippen LogP contribution in [0.15, 0.2) is 48.5 Å². The van der Waals surface area contributed by atoms with Crippen LogP contribution in [-0.4, -0.2) is 43.4 Å². The van der Waals surface area contributed by atoms with Crippen molar-refractivity contribution in [1.29, 1.82) is 0 Å². The molecule has 2 aromatic rings. The van der Waals surface area contributed by atoms with Crippen LogP contribution in [0.2, 0.25) is 0 Å². The summed E-state index contributed by atoms with van der Waals surface area (Å²) >= 11 is 0. The standard InChI is InChI=1S/C23H27N3O2/c1-24(17-19-7-2-3-8-21(19)25-14-4-5-15-25)23(28)18-10-12-20(13-11-18)26-16-6-9-22(26)27/h2-3,7-8,10-13H,4-6,9,14-17H2,1H3. The van der Waals surface area contributed by atoms with E-state index in [0.717, 1.165) is 31.7 Å². The lowest BCUT2D eigenvalue weighted by molar-refractivity contribution is -0.117. The van der Waals surface area contributed by atoms with Crippen molar-refractivity contribution in [3.05, 3.63) is 59.7 Å². The summed E-state index contributed by atoms with van der Waals surface area (Å²) in [6.07, 6.45) is 3.97. The van der Waals surface area contributed by atoms with Gasteiger partial charge in [-0.15, -0.1) is 0 Å². The minimum atomic E-state index is -0.00414. The van der Waals surface area contributed by atoms with Gasteiger partial charge in [0.05, 0.1) is 0 Å². The molecule has 0 aliphatic carbocycles. The topological polar surface area (TPSA) is 43.9 Å². The fourth-order valence-corrected chi connectivity index (χ4v) is 4.16. The van der Waals surface area contributed by atoms with Crippen LogP contribution in [0, 0.1) is 0 Å². The Kier molecular flexibility index (Phi) is 5.33. The summed E-state index contributed by atoms with van der Waals surface area (Å²) in [4.78, 5) is 30.8. The fraction of sp³-hybridized carbons (Fsp3) is 0.391. The Balaban J connectivity index is 1.46. The quantitative estimate of drug-likeness (QED) is 0.798. The molecule has 2 amide bonds. The van der Waals surface area contributed by atoms with E-state index < -0.39 is 0 Å². The van der Waals surface area contributed by atoms with Gasteiger partial charge in [-0.05, 0) is 55.2 Å². The number of hydrogen-bond donors (Lipinski definition) is 0. The third-order valence-electron chi connectivity index (χ3n) is 5.69. The molecule has 0 N–H and O–H groups in total. The lowest BCUT2D eigenvalue weighted by Crippen LogP contribution is -2.28. The Hall–Kier alpha value is -2.82. The molecule has 4 rings (SSSR count). The molecule has 2 fully saturated rings. The van der Waals surface area contributed by atoms with Crippen LogP contribution >= 0.6 is 0 Å². The highest BCUT2D eigenvalue weighted by Gasteiger charge is 2.22. The number of nitrogens with zero attached hydrogens (tertiary/aromatic N) is 3. The van der Waals surface area contributed by atoms with Gasteiger partial charge in [-0.2, -0.15) is 0 Å². The predicted octanol–water partition coefficient (Wildman–Crippen LogP) is 3.69. The van der Waals surface area contributed by atoms with Crippen molar-refractivity contribution in [2.24, 2.45) is 0 Å². The zero-order chi connectivity index (χ0) is 19.5. The van der Waals surface area contributed by atoms with Gasteiger partial charge in [0.2, 0.25) is 5.91 Å². The van der Waals surface area contributed by atoms with Gasteiger partial charge in [0.25, 0.3) is 5.91 Å². The molecule has 0 bridgehead atoms. The maximum Gasteiger partial charge on any atom is 0.253 e. The van der Waals surface area contributed by atoms with Crippen molar-refractivity contribution in [2.45, 2.75) is 32.2 Å². The fourth-order valence-electron chi connectivity index (χ4n) is 4.16. The van der Waals surface area contributed by atoms with Gasteiger partial charge in [0.15, 0.2) is 0 Å². The Morgan fingerprint density at radius 3 is 2.36 bits per heavy atom. The highest BCUT2D eigenvalue weighted by molar-refractivity contribution is 5.97. The number of amides is 2. The Labute approximate surface area is 166 Å².